The Bertz CT molecular complexity index is 1010. The van der Waals surface area contributed by atoms with Gasteiger partial charge in [0.2, 0.25) is 0 Å². The fraction of sp³-hybridized carbons (Fsp3) is 0.452. The molecule has 1 aliphatic rings. The van der Waals surface area contributed by atoms with E-state index in [1.54, 1.807) is 0 Å². The molecule has 3 aromatic carbocycles. The van der Waals surface area contributed by atoms with Gasteiger partial charge in [0.25, 0.3) is 0 Å². The Hall–Kier alpha value is -0.747. The van der Waals surface area contributed by atoms with Crippen LogP contribution in [-0.4, -0.2) is 0 Å². The average Bonchev–Trinajstić information content (AvgIpc) is 3.22. The van der Waals surface area contributed by atoms with Gasteiger partial charge in [-0.3, -0.25) is 0 Å². The first-order valence-electron chi connectivity index (χ1n) is 11.6. The van der Waals surface area contributed by atoms with Crippen molar-refractivity contribution in [2.45, 2.75) is 91.9 Å². The Morgan fingerprint density at radius 3 is 1.71 bits per heavy atom. The van der Waals surface area contributed by atoms with Gasteiger partial charge in [-0.1, -0.05) is 98.4 Å². The van der Waals surface area contributed by atoms with Gasteiger partial charge in [-0.15, -0.1) is 11.1 Å². The fourth-order valence-corrected chi connectivity index (χ4v) is 4.06. The van der Waals surface area contributed by atoms with E-state index in [1.807, 2.05) is 0 Å². The van der Waals surface area contributed by atoms with Crippen LogP contribution in [0.3, 0.4) is 0 Å². The first-order chi connectivity index (χ1) is 14.2. The molecule has 0 fully saturated rings. The zero-order chi connectivity index (χ0) is 23.2. The van der Waals surface area contributed by atoms with Gasteiger partial charge in [-0.25, -0.2) is 6.07 Å². The number of rotatable bonds is 0. The summed E-state index contributed by atoms with van der Waals surface area (Å²) in [5.41, 5.74) is 11.8. The van der Waals surface area contributed by atoms with Crippen LogP contribution in [0.2, 0.25) is 0 Å². The molecule has 0 saturated carbocycles. The maximum atomic E-state index is 3.67. The average molecular weight is 575 g/mol. The van der Waals surface area contributed by atoms with Crippen molar-refractivity contribution in [2.75, 3.05) is 0 Å². The molecule has 0 nitrogen and oxygen atoms in total. The molecule has 4 rings (SSSR count). The van der Waals surface area contributed by atoms with E-state index >= 15 is 0 Å². The van der Waals surface area contributed by atoms with Crippen LogP contribution < -0.4 is 24.8 Å². The standard InChI is InChI=1S/C21H25.C10H15.2ClH.Zr/c1-20(2,3)16-7-9-18-14(12-16)11-15-13-17(21(4,5)6)8-10-19(15)18;1-8-5-6-9(7-8)10(2,3)4;;;/h7-10,12H,11H2,1-6H3;5-7H,1-4H3;2*1H;/q2*-1;;;+4/p-2. The Labute approximate surface area is 240 Å². The van der Waals surface area contributed by atoms with Gasteiger partial charge in [-0.05, 0) is 28.4 Å². The van der Waals surface area contributed by atoms with Crippen LogP contribution in [0, 0.1) is 13.0 Å². The number of hydrogen-bond donors (Lipinski definition) is 0. The minimum atomic E-state index is 0. The van der Waals surface area contributed by atoms with E-state index < -0.39 is 0 Å². The predicted molar refractivity (Wildman–Crippen MR) is 136 cm³/mol. The molecule has 0 saturated heterocycles. The third-order valence-corrected chi connectivity index (χ3v) is 6.24. The monoisotopic (exact) mass is 572 g/mol. The van der Waals surface area contributed by atoms with Gasteiger partial charge in [0, 0.05) is 0 Å². The summed E-state index contributed by atoms with van der Waals surface area (Å²) in [6.07, 6.45) is 1.03. The van der Waals surface area contributed by atoms with Crippen LogP contribution in [0.15, 0.2) is 48.5 Å². The maximum absolute atomic E-state index is 3.67. The van der Waals surface area contributed by atoms with Crippen molar-refractivity contribution in [1.29, 1.82) is 0 Å². The van der Waals surface area contributed by atoms with Crippen LogP contribution >= 0.6 is 0 Å². The van der Waals surface area contributed by atoms with E-state index in [1.165, 1.54) is 44.5 Å². The van der Waals surface area contributed by atoms with E-state index in [0.717, 1.165) is 6.42 Å². The summed E-state index contributed by atoms with van der Waals surface area (Å²) in [5, 5.41) is 0. The Kier molecular flexibility index (Phi) is 11.7. The van der Waals surface area contributed by atoms with E-state index in [2.05, 4.69) is 124 Å². The van der Waals surface area contributed by atoms with E-state index in [4.69, 9.17) is 0 Å². The molecule has 0 atom stereocenters. The van der Waals surface area contributed by atoms with Crippen molar-refractivity contribution in [3.8, 4) is 11.1 Å². The Morgan fingerprint density at radius 1 is 0.706 bits per heavy atom. The predicted octanol–water partition coefficient (Wildman–Crippen LogP) is 2.67. The maximum Gasteiger partial charge on any atom is 4.00 e. The van der Waals surface area contributed by atoms with Gasteiger partial charge in [0.05, 0.1) is 0 Å². The molecule has 1 aliphatic carbocycles. The van der Waals surface area contributed by atoms with Gasteiger partial charge in [0.1, 0.15) is 0 Å². The molecule has 0 bridgehead atoms. The summed E-state index contributed by atoms with van der Waals surface area (Å²) >= 11 is 0. The molecule has 0 aromatic heterocycles. The fourth-order valence-electron chi connectivity index (χ4n) is 4.06. The summed E-state index contributed by atoms with van der Waals surface area (Å²) in [4.78, 5) is 0. The van der Waals surface area contributed by atoms with Crippen molar-refractivity contribution in [3.05, 3.63) is 88.0 Å². The first kappa shape index (κ1) is 33.3. The van der Waals surface area contributed by atoms with Crippen molar-refractivity contribution in [1.82, 2.24) is 0 Å². The third-order valence-electron chi connectivity index (χ3n) is 6.24. The second kappa shape index (κ2) is 12.0. The van der Waals surface area contributed by atoms with E-state index in [9.17, 15) is 0 Å². The molecule has 34 heavy (non-hydrogen) atoms. The first-order valence-corrected chi connectivity index (χ1v) is 11.6. The van der Waals surface area contributed by atoms with Gasteiger partial charge in [0.15, 0.2) is 0 Å². The van der Waals surface area contributed by atoms with E-state index in [-0.39, 0.29) is 61.8 Å². The number of fused-ring (bicyclic) bond motifs is 3. The minimum absolute atomic E-state index is 0. The number of aryl methyl sites for hydroxylation is 1. The molecule has 0 heterocycles. The second-order valence-electron chi connectivity index (χ2n) is 12.2. The molecule has 0 spiro atoms. The minimum Gasteiger partial charge on any atom is -1.00 e. The van der Waals surface area contributed by atoms with Crippen LogP contribution in [-0.2, 0) is 48.9 Å². The molecule has 0 amide bonds. The summed E-state index contributed by atoms with van der Waals surface area (Å²) in [6, 6.07) is 21.8. The Morgan fingerprint density at radius 2 is 1.26 bits per heavy atom. The van der Waals surface area contributed by atoms with Crippen LogP contribution in [0.25, 0.3) is 11.1 Å². The van der Waals surface area contributed by atoms with Crippen LogP contribution in [0.5, 0.6) is 0 Å². The molecule has 3 heteroatoms. The summed E-state index contributed by atoms with van der Waals surface area (Å²) in [5.74, 6) is 0. The number of hydrogen-bond acceptors (Lipinski definition) is 0. The Balaban J connectivity index is 0.000000721. The molecule has 0 unspecified atom stereocenters. The largest absolute Gasteiger partial charge is 4.00 e. The molecular weight excluding hydrogens is 534 g/mol. The van der Waals surface area contributed by atoms with Crippen molar-refractivity contribution >= 4 is 0 Å². The normalized spacial score (nSPS) is 12.2. The van der Waals surface area contributed by atoms with Crippen molar-refractivity contribution < 1.29 is 51.0 Å². The molecule has 0 radical (unpaired) electrons. The van der Waals surface area contributed by atoms with Crippen LogP contribution in [0.1, 0.15) is 95.7 Å². The van der Waals surface area contributed by atoms with Crippen molar-refractivity contribution in [3.63, 3.8) is 0 Å². The molecule has 3 aromatic rings. The number of benzene rings is 2. The van der Waals surface area contributed by atoms with Crippen molar-refractivity contribution in [2.24, 2.45) is 0 Å². The number of halogens is 2. The topological polar surface area (TPSA) is 0 Å². The van der Waals surface area contributed by atoms with Crippen LogP contribution in [0.4, 0.5) is 0 Å². The second-order valence-corrected chi connectivity index (χ2v) is 12.2. The zero-order valence-electron chi connectivity index (χ0n) is 22.6. The quantitative estimate of drug-likeness (QED) is 0.284. The molecule has 0 aliphatic heterocycles. The summed E-state index contributed by atoms with van der Waals surface area (Å²) < 4.78 is 0. The van der Waals surface area contributed by atoms with E-state index in [0.29, 0.717) is 5.41 Å². The third kappa shape index (κ3) is 7.88. The van der Waals surface area contributed by atoms with Gasteiger partial charge in [-0.2, -0.15) is 47.0 Å². The molecular formula is C31H40Cl2Zr. The summed E-state index contributed by atoms with van der Waals surface area (Å²) in [7, 11) is 0. The van der Waals surface area contributed by atoms with Gasteiger partial charge >= 0.3 is 26.2 Å². The molecule has 0 N–H and O–H groups in total. The SMILES string of the molecule is CC(C)(C)c1[c-]c2c(cc1)-c1ccc(C(C)(C)C)cc1C2.C[c-]1ccc(C(C)(C)C)c1.[Cl-].[Cl-].[Zr+4]. The molecule has 182 valence electrons. The zero-order valence-corrected chi connectivity index (χ0v) is 26.6. The smallest absolute Gasteiger partial charge is 1.00 e. The van der Waals surface area contributed by atoms with Gasteiger partial charge < -0.3 is 24.8 Å². The summed E-state index contributed by atoms with van der Waals surface area (Å²) in [6.45, 7) is 22.4.